The third kappa shape index (κ3) is 2.96. The van der Waals surface area contributed by atoms with E-state index in [-0.39, 0.29) is 5.91 Å². The maximum atomic E-state index is 11.6. The zero-order chi connectivity index (χ0) is 11.3. The molecule has 1 atom stereocenters. The highest BCUT2D eigenvalue weighted by molar-refractivity contribution is 6.30. The van der Waals surface area contributed by atoms with Gasteiger partial charge in [0.15, 0.2) is 0 Å². The zero-order valence-corrected chi connectivity index (χ0v) is 9.84. The average molecular weight is 226 g/mol. The van der Waals surface area contributed by atoms with Crippen LogP contribution in [0.25, 0.3) is 0 Å². The van der Waals surface area contributed by atoms with Crippen LogP contribution in [0, 0.1) is 0 Å². The van der Waals surface area contributed by atoms with E-state index in [9.17, 15) is 4.79 Å². The van der Waals surface area contributed by atoms with E-state index in [2.05, 4.69) is 12.2 Å². The van der Waals surface area contributed by atoms with Gasteiger partial charge in [-0.25, -0.2) is 0 Å². The lowest BCUT2D eigenvalue weighted by Crippen LogP contribution is -2.26. The van der Waals surface area contributed by atoms with E-state index in [0.29, 0.717) is 6.54 Å². The number of carbonyl (C=O) groups is 1. The molecule has 0 saturated carbocycles. The normalized spacial score (nSPS) is 12.2. The van der Waals surface area contributed by atoms with Crippen molar-refractivity contribution in [1.82, 2.24) is 5.32 Å². The number of benzene rings is 1. The van der Waals surface area contributed by atoms with Crippen LogP contribution in [0.3, 0.4) is 0 Å². The van der Waals surface area contributed by atoms with Gasteiger partial charge in [0.05, 0.1) is 0 Å². The molecule has 0 spiro atoms. The molecule has 1 rings (SSSR count). The Labute approximate surface area is 95.6 Å². The first-order valence-electron chi connectivity index (χ1n) is 5.20. The Hall–Kier alpha value is -1.02. The number of alkyl halides is 1. The van der Waals surface area contributed by atoms with Gasteiger partial charge in [-0.3, -0.25) is 4.79 Å². The number of rotatable bonds is 4. The van der Waals surface area contributed by atoms with Gasteiger partial charge in [0.2, 0.25) is 5.91 Å². The fourth-order valence-corrected chi connectivity index (χ4v) is 1.80. The summed E-state index contributed by atoms with van der Waals surface area (Å²) in [6, 6.07) is 7.78. The molecule has 0 radical (unpaired) electrons. The molecule has 0 fully saturated rings. The smallest absolute Gasteiger partial charge is 0.242 e. The molecule has 0 aliphatic rings. The van der Waals surface area contributed by atoms with Gasteiger partial charge in [0.25, 0.3) is 0 Å². The molecule has 82 valence electrons. The quantitative estimate of drug-likeness (QED) is 0.785. The first-order chi connectivity index (χ1) is 7.20. The molecular formula is C12H16ClNO. The molecule has 0 heterocycles. The van der Waals surface area contributed by atoms with Gasteiger partial charge in [-0.15, -0.1) is 11.6 Å². The van der Waals surface area contributed by atoms with E-state index in [1.165, 1.54) is 0 Å². The summed E-state index contributed by atoms with van der Waals surface area (Å²) >= 11 is 6.11. The van der Waals surface area contributed by atoms with Gasteiger partial charge in [-0.1, -0.05) is 31.2 Å². The minimum Gasteiger partial charge on any atom is -0.355 e. The van der Waals surface area contributed by atoms with Crippen molar-refractivity contribution in [2.45, 2.75) is 25.6 Å². The molecule has 1 aromatic carbocycles. The van der Waals surface area contributed by atoms with E-state index in [0.717, 1.165) is 17.5 Å². The van der Waals surface area contributed by atoms with E-state index >= 15 is 0 Å². The third-order valence-corrected chi connectivity index (χ3v) is 2.72. The van der Waals surface area contributed by atoms with Crippen molar-refractivity contribution in [3.05, 3.63) is 35.4 Å². The van der Waals surface area contributed by atoms with Crippen molar-refractivity contribution in [2.75, 3.05) is 6.54 Å². The summed E-state index contributed by atoms with van der Waals surface area (Å²) < 4.78 is 0. The highest BCUT2D eigenvalue weighted by atomic mass is 35.5. The second-order valence-corrected chi connectivity index (χ2v) is 3.75. The van der Waals surface area contributed by atoms with Gasteiger partial charge in [0, 0.05) is 6.54 Å². The van der Waals surface area contributed by atoms with Crippen LogP contribution in [-0.4, -0.2) is 12.5 Å². The van der Waals surface area contributed by atoms with Gasteiger partial charge >= 0.3 is 0 Å². The summed E-state index contributed by atoms with van der Waals surface area (Å²) in [5.74, 6) is -0.125. The molecule has 1 N–H and O–H groups in total. The average Bonchev–Trinajstić information content (AvgIpc) is 2.28. The zero-order valence-electron chi connectivity index (χ0n) is 9.09. The number of amides is 1. The van der Waals surface area contributed by atoms with Crippen LogP contribution < -0.4 is 5.32 Å². The highest BCUT2D eigenvalue weighted by Crippen LogP contribution is 2.24. The monoisotopic (exact) mass is 225 g/mol. The summed E-state index contributed by atoms with van der Waals surface area (Å²) in [7, 11) is 0. The van der Waals surface area contributed by atoms with Crippen molar-refractivity contribution in [3.63, 3.8) is 0 Å². The van der Waals surface area contributed by atoms with E-state index in [1.54, 1.807) is 0 Å². The minimum absolute atomic E-state index is 0.125. The Morgan fingerprint density at radius 1 is 1.40 bits per heavy atom. The van der Waals surface area contributed by atoms with Crippen LogP contribution in [0.15, 0.2) is 24.3 Å². The number of hydrogen-bond acceptors (Lipinski definition) is 1. The van der Waals surface area contributed by atoms with Crippen molar-refractivity contribution >= 4 is 17.5 Å². The third-order valence-electron chi connectivity index (χ3n) is 2.29. The number of aryl methyl sites for hydroxylation is 1. The summed E-state index contributed by atoms with van der Waals surface area (Å²) in [5.41, 5.74) is 2.04. The van der Waals surface area contributed by atoms with E-state index in [1.807, 2.05) is 31.2 Å². The first kappa shape index (κ1) is 12.1. The Balaban J connectivity index is 2.89. The Kier molecular flexibility index (Phi) is 4.63. The molecule has 2 nitrogen and oxygen atoms in total. The first-order valence-corrected chi connectivity index (χ1v) is 5.63. The number of carbonyl (C=O) groups excluding carboxylic acids is 1. The fourth-order valence-electron chi connectivity index (χ4n) is 1.51. The minimum atomic E-state index is -0.582. The van der Waals surface area contributed by atoms with Crippen LogP contribution in [0.5, 0.6) is 0 Å². The summed E-state index contributed by atoms with van der Waals surface area (Å²) in [6.07, 6.45) is 0.888. The summed E-state index contributed by atoms with van der Waals surface area (Å²) in [5, 5.41) is 2.14. The molecule has 1 amide bonds. The molecule has 1 unspecified atom stereocenters. The molecule has 3 heteroatoms. The maximum absolute atomic E-state index is 11.6. The predicted octanol–water partition coefficient (Wildman–Crippen LogP) is 2.67. The standard InChI is InChI=1S/C12H16ClNO/c1-3-9-7-5-6-8-10(9)11(13)12(15)14-4-2/h5-8,11H,3-4H2,1-2H3,(H,14,15). The SMILES string of the molecule is CCNC(=O)C(Cl)c1ccccc1CC. The van der Waals surface area contributed by atoms with Crippen molar-refractivity contribution < 1.29 is 4.79 Å². The molecule has 1 aromatic rings. The number of likely N-dealkylation sites (N-methyl/N-ethyl adjacent to an activating group) is 1. The van der Waals surface area contributed by atoms with Crippen LogP contribution in [0.4, 0.5) is 0 Å². The van der Waals surface area contributed by atoms with Gasteiger partial charge in [-0.2, -0.15) is 0 Å². The fraction of sp³-hybridized carbons (Fsp3) is 0.417. The maximum Gasteiger partial charge on any atom is 0.242 e. The van der Waals surface area contributed by atoms with Gasteiger partial charge < -0.3 is 5.32 Å². The van der Waals surface area contributed by atoms with Gasteiger partial charge in [-0.05, 0) is 24.5 Å². The second kappa shape index (κ2) is 5.76. The lowest BCUT2D eigenvalue weighted by atomic mass is 10.0. The lowest BCUT2D eigenvalue weighted by Gasteiger charge is -2.13. The summed E-state index contributed by atoms with van der Waals surface area (Å²) in [6.45, 7) is 4.55. The van der Waals surface area contributed by atoms with Crippen LogP contribution in [0.2, 0.25) is 0 Å². The molecule has 0 aliphatic carbocycles. The number of nitrogens with one attached hydrogen (secondary N) is 1. The molecule has 15 heavy (non-hydrogen) atoms. The molecular weight excluding hydrogens is 210 g/mol. The van der Waals surface area contributed by atoms with E-state index < -0.39 is 5.38 Å². The number of halogens is 1. The summed E-state index contributed by atoms with van der Waals surface area (Å²) in [4.78, 5) is 11.6. The molecule has 0 saturated heterocycles. The molecule has 0 bridgehead atoms. The largest absolute Gasteiger partial charge is 0.355 e. The van der Waals surface area contributed by atoms with Crippen LogP contribution in [-0.2, 0) is 11.2 Å². The Morgan fingerprint density at radius 3 is 2.67 bits per heavy atom. The number of hydrogen-bond donors (Lipinski definition) is 1. The topological polar surface area (TPSA) is 29.1 Å². The second-order valence-electron chi connectivity index (χ2n) is 3.31. The molecule has 0 aliphatic heterocycles. The lowest BCUT2D eigenvalue weighted by molar-refractivity contribution is -0.120. The predicted molar refractivity (Wildman–Crippen MR) is 63.1 cm³/mol. The molecule has 0 aromatic heterocycles. The van der Waals surface area contributed by atoms with Crippen LogP contribution >= 0.6 is 11.6 Å². The van der Waals surface area contributed by atoms with Crippen molar-refractivity contribution in [2.24, 2.45) is 0 Å². The van der Waals surface area contributed by atoms with Crippen molar-refractivity contribution in [3.8, 4) is 0 Å². The van der Waals surface area contributed by atoms with Gasteiger partial charge in [0.1, 0.15) is 5.38 Å². The van der Waals surface area contributed by atoms with Crippen LogP contribution in [0.1, 0.15) is 30.4 Å². The van der Waals surface area contributed by atoms with E-state index in [4.69, 9.17) is 11.6 Å². The Morgan fingerprint density at radius 2 is 2.07 bits per heavy atom. The highest BCUT2D eigenvalue weighted by Gasteiger charge is 2.18. The Bertz CT molecular complexity index is 338. The van der Waals surface area contributed by atoms with Crippen molar-refractivity contribution in [1.29, 1.82) is 0 Å².